The van der Waals surface area contributed by atoms with Gasteiger partial charge in [-0.15, -0.1) is 0 Å². The van der Waals surface area contributed by atoms with E-state index in [9.17, 15) is 38.4 Å². The smallest absolute Gasteiger partial charge is 0.333 e. The maximum absolute atomic E-state index is 13.5. The minimum atomic E-state index is -0.557. The maximum Gasteiger partial charge on any atom is 0.333 e. The number of ether oxygens (including phenoxy) is 4. The number of fused-ring (bicyclic) bond motifs is 8. The number of nitrogens with zero attached hydrogens (tertiary/aromatic N) is 2. The zero-order valence-electron chi connectivity index (χ0n) is 51.3. The number of amides is 3. The van der Waals surface area contributed by atoms with Crippen molar-refractivity contribution >= 4 is 93.8 Å². The molecule has 4 aromatic carbocycles. The average molecular weight is 1230 g/mol. The number of hydrogen-bond donors (Lipinski definition) is 5. The molecule has 2 aliphatic heterocycles. The number of esters is 4. The number of benzene rings is 4. The second kappa shape index (κ2) is 29.6. The lowest BCUT2D eigenvalue weighted by Crippen LogP contribution is -2.28. The Morgan fingerprint density at radius 2 is 0.609 bits per heavy atom. The molecule has 466 valence electrons. The van der Waals surface area contributed by atoms with Gasteiger partial charge in [0.1, 0.15) is 19.8 Å². The lowest BCUT2D eigenvalue weighted by molar-refractivity contribution is -0.139. The number of carbonyl (C=O) groups excluding carboxylic acids is 8. The zero-order valence-corrected chi connectivity index (χ0v) is 51.3. The van der Waals surface area contributed by atoms with Gasteiger partial charge in [0.15, 0.2) is 5.78 Å². The number of ketones is 1. The predicted molar refractivity (Wildman–Crippen MR) is 354 cm³/mol. The van der Waals surface area contributed by atoms with Gasteiger partial charge in [0.05, 0.1) is 49.0 Å². The number of rotatable bonds is 25. The van der Waals surface area contributed by atoms with E-state index in [4.69, 9.17) is 28.9 Å². The van der Waals surface area contributed by atoms with Crippen molar-refractivity contribution in [3.05, 3.63) is 215 Å². The maximum atomic E-state index is 13.5. The fraction of sp³-hybridized carbons (Fsp3) is 0.178. The molecule has 0 radical (unpaired) electrons. The number of aromatic amines is 2. The molecule has 0 atom stereocenters. The zero-order chi connectivity index (χ0) is 65.6. The van der Waals surface area contributed by atoms with Crippen LogP contribution >= 0.6 is 0 Å². The summed E-state index contributed by atoms with van der Waals surface area (Å²) in [4.78, 5) is 120. The third kappa shape index (κ3) is 15.8. The van der Waals surface area contributed by atoms with Gasteiger partial charge in [0.25, 0.3) is 17.7 Å². The predicted octanol–water partition coefficient (Wildman–Crippen LogP) is 12.0. The molecule has 7 aromatic rings. The van der Waals surface area contributed by atoms with Crippen LogP contribution in [-0.4, -0.2) is 113 Å². The molecular formula is C73H67N7O12. The molecule has 0 unspecified atom stereocenters. The third-order valence-electron chi connectivity index (χ3n) is 14.6. The summed E-state index contributed by atoms with van der Waals surface area (Å²) in [6.45, 7) is 20.8. The number of hydrogen-bond acceptors (Lipinski definition) is 14. The molecule has 9 rings (SSSR count). The molecule has 19 heteroatoms. The second-order valence-corrected chi connectivity index (χ2v) is 21.8. The van der Waals surface area contributed by atoms with Gasteiger partial charge >= 0.3 is 23.9 Å². The lowest BCUT2D eigenvalue weighted by Gasteiger charge is -2.09. The first-order valence-corrected chi connectivity index (χ1v) is 29.5. The van der Waals surface area contributed by atoms with E-state index in [1.54, 1.807) is 76.2 Å². The second-order valence-electron chi connectivity index (χ2n) is 21.8. The largest absolute Gasteiger partial charge is 0.462 e. The van der Waals surface area contributed by atoms with Crippen LogP contribution in [0, 0.1) is 0 Å². The van der Waals surface area contributed by atoms with Crippen LogP contribution < -0.4 is 16.0 Å². The van der Waals surface area contributed by atoms with Crippen LogP contribution in [-0.2, 0) is 38.1 Å². The molecule has 5 N–H and O–H groups in total. The van der Waals surface area contributed by atoms with Gasteiger partial charge in [-0.1, -0.05) is 87.0 Å². The third-order valence-corrected chi connectivity index (χ3v) is 14.6. The molecule has 3 amide bonds. The highest BCUT2D eigenvalue weighted by atomic mass is 16.5. The van der Waals surface area contributed by atoms with Crippen LogP contribution in [0.1, 0.15) is 105 Å². The number of Topliss-reactive ketones (excluding diaryl/α,β-unsaturated/α-hetero) is 1. The van der Waals surface area contributed by atoms with Crippen molar-refractivity contribution in [2.45, 2.75) is 40.5 Å². The monoisotopic (exact) mass is 1230 g/mol. The SMILES string of the molecule is C=C(C)C(=O)OCCCC(=O)c1ccc(-c2c3nc(c(-c4ccc(C(=O)NCCOC(=O)C(=C)C)cc4)c4ccc([nH]4)c(-c4ccc(C(=O)NCCOC(=O)C(=C)C)cc4)c4nc(c(-c5ccc(C(=O)NCCOC(=O)C(=C)C)cc5)c5ccc2[nH]5)C=C4)C=C3)cc1. The van der Waals surface area contributed by atoms with Crippen molar-refractivity contribution < 1.29 is 57.3 Å². The van der Waals surface area contributed by atoms with Crippen molar-refractivity contribution in [1.82, 2.24) is 35.9 Å². The summed E-state index contributed by atoms with van der Waals surface area (Å²) in [5.41, 5.74) is 12.9. The first kappa shape index (κ1) is 64.9. The number of carbonyl (C=O) groups is 8. The van der Waals surface area contributed by atoms with E-state index < -0.39 is 23.9 Å². The van der Waals surface area contributed by atoms with Gasteiger partial charge in [0.2, 0.25) is 0 Å². The molecule has 0 fully saturated rings. The number of nitrogens with one attached hydrogen (secondary N) is 5. The Bertz CT molecular complexity index is 3830. The molecule has 0 saturated heterocycles. The van der Waals surface area contributed by atoms with Crippen molar-refractivity contribution in [2.24, 2.45) is 0 Å². The Labute approximate surface area is 530 Å². The molecule has 8 bridgehead atoms. The fourth-order valence-electron chi connectivity index (χ4n) is 9.87. The Morgan fingerprint density at radius 3 is 0.870 bits per heavy atom. The Morgan fingerprint density at radius 1 is 0.359 bits per heavy atom. The highest BCUT2D eigenvalue weighted by Gasteiger charge is 2.22. The molecule has 0 spiro atoms. The minimum absolute atomic E-state index is 0.0406. The fourth-order valence-corrected chi connectivity index (χ4v) is 9.87. The van der Waals surface area contributed by atoms with E-state index in [0.717, 1.165) is 5.56 Å². The molecule has 2 aliphatic rings. The van der Waals surface area contributed by atoms with Crippen LogP contribution in [0.15, 0.2) is 170 Å². The average Bonchev–Trinajstić information content (AvgIpc) is 1.66. The quantitative estimate of drug-likeness (QED) is 0.0117. The lowest BCUT2D eigenvalue weighted by atomic mass is 9.99. The molecule has 19 nitrogen and oxygen atoms in total. The van der Waals surface area contributed by atoms with Crippen molar-refractivity contribution in [3.63, 3.8) is 0 Å². The van der Waals surface area contributed by atoms with E-state index in [1.807, 2.05) is 97.1 Å². The van der Waals surface area contributed by atoms with Crippen molar-refractivity contribution in [3.8, 4) is 44.5 Å². The summed E-state index contributed by atoms with van der Waals surface area (Å²) >= 11 is 0. The van der Waals surface area contributed by atoms with Gasteiger partial charge in [0, 0.05) is 95.3 Å². The first-order chi connectivity index (χ1) is 44.2. The summed E-state index contributed by atoms with van der Waals surface area (Å²) in [6, 6.07) is 36.1. The first-order valence-electron chi connectivity index (χ1n) is 29.5. The standard InChI is InChI=1S/C73H67N7O12/c1-42(2)70(85)89-38-9-10-62(81)46-11-13-47(14-12-46)63-54-27-29-56(77-54)64(48-15-21-51(22-16-48)67(82)74-35-39-90-71(86)43(3)4)58-31-33-60(79-58)66(50-19-25-53(26-20-50)69(84)76-37-41-92-73(88)45(7)8)61-34-32-59(80-61)65(57-30-28-55(63)78-57)49-17-23-52(24-18-49)68(83)75-36-40-91-72(87)44(5)6/h11-34,77,80H,1,3,5,7,9-10,35-41H2,2,4,6,8H3,(H,74,82)(H,75,83)(H,76,84). The molecule has 5 heterocycles. The minimum Gasteiger partial charge on any atom is -0.462 e. The van der Waals surface area contributed by atoms with Gasteiger partial charge < -0.3 is 44.9 Å². The van der Waals surface area contributed by atoms with E-state index >= 15 is 0 Å². The van der Waals surface area contributed by atoms with Crippen LogP contribution in [0.25, 0.3) is 90.9 Å². The van der Waals surface area contributed by atoms with Gasteiger partial charge in [-0.3, -0.25) is 19.2 Å². The van der Waals surface area contributed by atoms with Crippen molar-refractivity contribution in [2.75, 3.05) is 46.1 Å². The summed E-state index contributed by atoms with van der Waals surface area (Å²) in [5.74, 6) is -3.47. The topological polar surface area (TPSA) is 267 Å². The van der Waals surface area contributed by atoms with Gasteiger partial charge in [-0.05, 0) is 141 Å². The van der Waals surface area contributed by atoms with Crippen LogP contribution in [0.2, 0.25) is 0 Å². The highest BCUT2D eigenvalue weighted by Crippen LogP contribution is 2.39. The number of aromatic nitrogens is 4. The molecule has 3 aromatic heterocycles. The van der Waals surface area contributed by atoms with Crippen LogP contribution in [0.3, 0.4) is 0 Å². The van der Waals surface area contributed by atoms with Crippen LogP contribution in [0.5, 0.6) is 0 Å². The Balaban J connectivity index is 1.21. The van der Waals surface area contributed by atoms with E-state index in [-0.39, 0.29) is 98.3 Å². The molecular weight excluding hydrogens is 1170 g/mol. The Hall–Kier alpha value is -11.6. The molecule has 92 heavy (non-hydrogen) atoms. The highest BCUT2D eigenvalue weighted by molar-refractivity contribution is 6.03. The Kier molecular flexibility index (Phi) is 20.9. The normalized spacial score (nSPS) is 11.2. The van der Waals surface area contributed by atoms with E-state index in [1.165, 1.54) is 0 Å². The van der Waals surface area contributed by atoms with E-state index in [0.29, 0.717) is 112 Å². The van der Waals surface area contributed by atoms with Gasteiger partial charge in [-0.2, -0.15) is 0 Å². The van der Waals surface area contributed by atoms with E-state index in [2.05, 4.69) is 52.2 Å². The summed E-state index contributed by atoms with van der Waals surface area (Å²) in [6.07, 6.45) is 8.09. The number of H-pyrrole nitrogens is 2. The summed E-state index contributed by atoms with van der Waals surface area (Å²) < 4.78 is 20.7. The van der Waals surface area contributed by atoms with Gasteiger partial charge in [-0.25, -0.2) is 29.1 Å². The molecule has 0 aliphatic carbocycles. The summed E-state index contributed by atoms with van der Waals surface area (Å²) in [5, 5.41) is 8.39. The van der Waals surface area contributed by atoms with Crippen molar-refractivity contribution in [1.29, 1.82) is 0 Å². The summed E-state index contributed by atoms with van der Waals surface area (Å²) in [7, 11) is 0. The molecule has 0 saturated carbocycles. The van der Waals surface area contributed by atoms with Crippen LogP contribution in [0.4, 0.5) is 0 Å².